The summed E-state index contributed by atoms with van der Waals surface area (Å²) in [5, 5.41) is 3.55. The molecule has 0 N–H and O–H groups in total. The van der Waals surface area contributed by atoms with Gasteiger partial charge in [-0.15, -0.1) is 0 Å². The molecular formula is C19H20F4N4O5S. The second-order valence-corrected chi connectivity index (χ2v) is 9.85. The second-order valence-electron chi connectivity index (χ2n) is 7.86. The predicted octanol–water partition coefficient (Wildman–Crippen LogP) is 2.34. The van der Waals surface area contributed by atoms with Crippen molar-refractivity contribution in [2.45, 2.75) is 42.7 Å². The van der Waals surface area contributed by atoms with Crippen molar-refractivity contribution in [1.29, 1.82) is 0 Å². The molecular weight excluding hydrogens is 472 g/mol. The minimum Gasteiger partial charge on any atom is -0.477 e. The molecule has 0 aliphatic carbocycles. The van der Waals surface area contributed by atoms with E-state index in [0.29, 0.717) is 44.6 Å². The number of sulfone groups is 1. The molecule has 0 radical (unpaired) electrons. The molecule has 180 valence electrons. The number of hydrogen-bond donors (Lipinski definition) is 0. The van der Waals surface area contributed by atoms with E-state index < -0.39 is 50.5 Å². The van der Waals surface area contributed by atoms with Crippen LogP contribution in [-0.4, -0.2) is 67.4 Å². The molecule has 1 aromatic heterocycles. The quantitative estimate of drug-likeness (QED) is 0.566. The van der Waals surface area contributed by atoms with Gasteiger partial charge in [-0.2, -0.15) is 13.8 Å². The Labute approximate surface area is 186 Å². The van der Waals surface area contributed by atoms with Crippen molar-refractivity contribution in [3.63, 3.8) is 0 Å². The second kappa shape index (κ2) is 8.80. The standard InChI is InChI=1S/C19H20F4N4O5S/c1-33(29,30)15-9-11(20)14(8-12(15)21)31-13-4-7-27(18(13)28)10-2-5-26(6-3-10)19-24-17(16(22)23)32-25-19/h8-10,13,16H,2-7H2,1H3. The first-order valence-corrected chi connectivity index (χ1v) is 12.0. The number of amides is 1. The summed E-state index contributed by atoms with van der Waals surface area (Å²) in [6.07, 6.45) is -1.86. The maximum Gasteiger partial charge on any atom is 0.316 e. The summed E-state index contributed by atoms with van der Waals surface area (Å²) in [5.41, 5.74) is 0. The van der Waals surface area contributed by atoms with Crippen molar-refractivity contribution in [1.82, 2.24) is 15.0 Å². The summed E-state index contributed by atoms with van der Waals surface area (Å²) in [4.78, 5) is 19.0. The number of carbonyl (C=O) groups is 1. The van der Waals surface area contributed by atoms with Crippen LogP contribution in [0.3, 0.4) is 0 Å². The monoisotopic (exact) mass is 492 g/mol. The Kier molecular flexibility index (Phi) is 6.20. The lowest BCUT2D eigenvalue weighted by Gasteiger charge is -2.36. The molecule has 33 heavy (non-hydrogen) atoms. The van der Waals surface area contributed by atoms with Crippen molar-refractivity contribution in [2.75, 3.05) is 30.8 Å². The number of hydrogen-bond acceptors (Lipinski definition) is 8. The largest absolute Gasteiger partial charge is 0.477 e. The maximum atomic E-state index is 14.3. The number of likely N-dealkylation sites (tertiary alicyclic amines) is 1. The minimum atomic E-state index is -3.96. The number of aromatic nitrogens is 2. The number of carbonyl (C=O) groups excluding carboxylic acids is 1. The van der Waals surface area contributed by atoms with Gasteiger partial charge in [0, 0.05) is 44.4 Å². The molecule has 0 bridgehead atoms. The number of alkyl halides is 2. The summed E-state index contributed by atoms with van der Waals surface area (Å²) in [6.45, 7) is 1.17. The number of rotatable bonds is 6. The summed E-state index contributed by atoms with van der Waals surface area (Å²) in [7, 11) is -3.96. The van der Waals surface area contributed by atoms with Gasteiger partial charge in [-0.1, -0.05) is 0 Å². The van der Waals surface area contributed by atoms with E-state index in [2.05, 4.69) is 14.7 Å². The first-order chi connectivity index (χ1) is 15.5. The van der Waals surface area contributed by atoms with Crippen LogP contribution in [0.25, 0.3) is 0 Å². The highest BCUT2D eigenvalue weighted by molar-refractivity contribution is 7.90. The Balaban J connectivity index is 1.37. The summed E-state index contributed by atoms with van der Waals surface area (Å²) >= 11 is 0. The first kappa shape index (κ1) is 23.3. The third-order valence-corrected chi connectivity index (χ3v) is 6.76. The third kappa shape index (κ3) is 4.75. The smallest absolute Gasteiger partial charge is 0.316 e. The highest BCUT2D eigenvalue weighted by Crippen LogP contribution is 2.30. The summed E-state index contributed by atoms with van der Waals surface area (Å²) in [5.74, 6) is -3.87. The van der Waals surface area contributed by atoms with Gasteiger partial charge in [0.1, 0.15) is 10.7 Å². The average molecular weight is 492 g/mol. The van der Waals surface area contributed by atoms with E-state index in [-0.39, 0.29) is 24.3 Å². The Morgan fingerprint density at radius 2 is 1.82 bits per heavy atom. The molecule has 2 aromatic rings. The number of ether oxygens (including phenoxy) is 1. The highest BCUT2D eigenvalue weighted by Gasteiger charge is 2.39. The van der Waals surface area contributed by atoms with Gasteiger partial charge < -0.3 is 19.1 Å². The van der Waals surface area contributed by atoms with Gasteiger partial charge in [0.25, 0.3) is 17.7 Å². The number of halogens is 4. The van der Waals surface area contributed by atoms with E-state index in [1.807, 2.05) is 0 Å². The Hall–Kier alpha value is -2.90. The fourth-order valence-corrected chi connectivity index (χ4v) is 4.74. The zero-order valence-electron chi connectivity index (χ0n) is 17.4. The van der Waals surface area contributed by atoms with Crippen LogP contribution in [-0.2, 0) is 14.6 Å². The molecule has 3 heterocycles. The van der Waals surface area contributed by atoms with E-state index >= 15 is 0 Å². The number of benzene rings is 1. The Morgan fingerprint density at radius 1 is 1.12 bits per heavy atom. The molecule has 4 rings (SSSR count). The lowest BCUT2D eigenvalue weighted by molar-refractivity contribution is -0.135. The molecule has 2 saturated heterocycles. The van der Waals surface area contributed by atoms with Crippen molar-refractivity contribution < 1.29 is 40.0 Å². The normalized spacial score (nSPS) is 20.2. The third-order valence-electron chi connectivity index (χ3n) is 5.65. The predicted molar refractivity (Wildman–Crippen MR) is 105 cm³/mol. The van der Waals surface area contributed by atoms with E-state index in [1.54, 1.807) is 9.80 Å². The van der Waals surface area contributed by atoms with E-state index in [0.717, 1.165) is 6.26 Å². The number of nitrogens with zero attached hydrogens (tertiary/aromatic N) is 4. The lowest BCUT2D eigenvalue weighted by atomic mass is 10.0. The summed E-state index contributed by atoms with van der Waals surface area (Å²) in [6, 6.07) is 1.00. The zero-order valence-corrected chi connectivity index (χ0v) is 18.2. The van der Waals surface area contributed by atoms with Crippen molar-refractivity contribution in [2.24, 2.45) is 0 Å². The first-order valence-electron chi connectivity index (χ1n) is 10.1. The molecule has 0 spiro atoms. The fourth-order valence-electron chi connectivity index (χ4n) is 4.01. The van der Waals surface area contributed by atoms with Crippen LogP contribution in [0.2, 0.25) is 0 Å². The average Bonchev–Trinajstić information content (AvgIpc) is 3.38. The SMILES string of the molecule is CS(=O)(=O)c1cc(F)c(OC2CCN(C3CCN(c4noc(C(F)F)n4)CC3)C2=O)cc1F. The van der Waals surface area contributed by atoms with Crippen molar-refractivity contribution in [3.8, 4) is 5.75 Å². The minimum absolute atomic E-state index is 0.0627. The molecule has 2 aliphatic heterocycles. The Morgan fingerprint density at radius 3 is 2.42 bits per heavy atom. The van der Waals surface area contributed by atoms with Crippen molar-refractivity contribution >= 4 is 21.7 Å². The van der Waals surface area contributed by atoms with Gasteiger partial charge in [-0.25, -0.2) is 17.2 Å². The van der Waals surface area contributed by atoms with Crippen LogP contribution in [0.4, 0.5) is 23.5 Å². The van der Waals surface area contributed by atoms with Crippen molar-refractivity contribution in [3.05, 3.63) is 29.7 Å². The van der Waals surface area contributed by atoms with Gasteiger partial charge in [-0.3, -0.25) is 4.79 Å². The van der Waals surface area contributed by atoms with Gasteiger partial charge in [0.05, 0.1) is 0 Å². The molecule has 1 aromatic carbocycles. The lowest BCUT2D eigenvalue weighted by Crippen LogP contribution is -2.47. The molecule has 2 aliphatic rings. The van der Waals surface area contributed by atoms with E-state index in [9.17, 15) is 30.8 Å². The van der Waals surface area contributed by atoms with Crippen LogP contribution >= 0.6 is 0 Å². The van der Waals surface area contributed by atoms with Gasteiger partial charge >= 0.3 is 6.43 Å². The van der Waals surface area contributed by atoms with Gasteiger partial charge in [0.15, 0.2) is 27.5 Å². The highest BCUT2D eigenvalue weighted by atomic mass is 32.2. The molecule has 0 saturated carbocycles. The molecule has 2 fully saturated rings. The van der Waals surface area contributed by atoms with Crippen LogP contribution in [0.1, 0.15) is 31.6 Å². The molecule has 1 unspecified atom stereocenters. The number of piperidine rings is 1. The molecule has 9 nitrogen and oxygen atoms in total. The van der Waals surface area contributed by atoms with Gasteiger partial charge in [0.2, 0.25) is 0 Å². The summed E-state index contributed by atoms with van der Waals surface area (Å²) < 4.78 is 86.6. The van der Waals surface area contributed by atoms with Gasteiger partial charge in [-0.05, 0) is 24.1 Å². The number of anilines is 1. The maximum absolute atomic E-state index is 14.3. The van der Waals surface area contributed by atoms with Crippen LogP contribution in [0.15, 0.2) is 21.6 Å². The van der Waals surface area contributed by atoms with Crippen LogP contribution < -0.4 is 9.64 Å². The zero-order chi connectivity index (χ0) is 23.9. The van der Waals surface area contributed by atoms with E-state index in [1.165, 1.54) is 0 Å². The van der Waals surface area contributed by atoms with Crippen LogP contribution in [0, 0.1) is 11.6 Å². The Bertz CT molecular complexity index is 1150. The van der Waals surface area contributed by atoms with Crippen LogP contribution in [0.5, 0.6) is 5.75 Å². The topological polar surface area (TPSA) is 106 Å². The molecule has 14 heteroatoms. The molecule has 1 amide bonds. The van der Waals surface area contributed by atoms with E-state index in [4.69, 9.17) is 4.74 Å². The fraction of sp³-hybridized carbons (Fsp3) is 0.526. The molecule has 1 atom stereocenters.